The van der Waals surface area contributed by atoms with E-state index in [1.165, 1.54) is 16.7 Å². The molecule has 2 heteroatoms. The molecule has 0 radical (unpaired) electrons. The fourth-order valence-corrected chi connectivity index (χ4v) is 2.69. The Labute approximate surface area is 132 Å². The highest BCUT2D eigenvalue weighted by atomic mass is 16.5. The van der Waals surface area contributed by atoms with Crippen LogP contribution in [0.2, 0.25) is 0 Å². The molecule has 0 saturated carbocycles. The number of nitrogens with one attached hydrogen (secondary N) is 1. The first kappa shape index (κ1) is 14.5. The van der Waals surface area contributed by atoms with E-state index in [2.05, 4.69) is 61.3 Å². The summed E-state index contributed by atoms with van der Waals surface area (Å²) in [6.45, 7) is 6.71. The van der Waals surface area contributed by atoms with E-state index >= 15 is 0 Å². The van der Waals surface area contributed by atoms with E-state index < -0.39 is 0 Å². The molecule has 0 bridgehead atoms. The van der Waals surface area contributed by atoms with Crippen LogP contribution in [0.15, 0.2) is 78.7 Å². The van der Waals surface area contributed by atoms with Gasteiger partial charge in [-0.1, -0.05) is 61.2 Å². The fourth-order valence-electron chi connectivity index (χ4n) is 2.69. The van der Waals surface area contributed by atoms with Crippen molar-refractivity contribution in [2.75, 3.05) is 0 Å². The summed E-state index contributed by atoms with van der Waals surface area (Å²) in [4.78, 5) is 0. The number of ether oxygens (including phenoxy) is 1. The van der Waals surface area contributed by atoms with E-state index in [4.69, 9.17) is 4.74 Å². The van der Waals surface area contributed by atoms with Gasteiger partial charge < -0.3 is 10.1 Å². The molecule has 0 aromatic heterocycles. The molecule has 1 atom stereocenters. The maximum Gasteiger partial charge on any atom is 0.121 e. The summed E-state index contributed by atoms with van der Waals surface area (Å²) < 4.78 is 6.06. The zero-order valence-electron chi connectivity index (χ0n) is 12.9. The van der Waals surface area contributed by atoms with E-state index in [0.29, 0.717) is 6.61 Å². The molecule has 2 aromatic rings. The van der Waals surface area contributed by atoms with Gasteiger partial charge in [-0.25, -0.2) is 0 Å². The zero-order chi connectivity index (χ0) is 15.4. The largest absolute Gasteiger partial charge is 0.491 e. The molecule has 2 aromatic carbocycles. The standard InChI is InChI=1S/C20H21NO/c1-15-8-6-7-11-18(15)14-22-20-12-16(2)21-19(20)13-17-9-4-3-5-10-17/h3-12,19,21H,2,13-14H2,1H3/t19-/m0/s1. The van der Waals surface area contributed by atoms with Crippen LogP contribution in [0.4, 0.5) is 0 Å². The van der Waals surface area contributed by atoms with Gasteiger partial charge in [0.05, 0.1) is 6.04 Å². The predicted molar refractivity (Wildman–Crippen MR) is 90.3 cm³/mol. The summed E-state index contributed by atoms with van der Waals surface area (Å²) in [7, 11) is 0. The maximum atomic E-state index is 6.06. The molecular weight excluding hydrogens is 270 g/mol. The van der Waals surface area contributed by atoms with E-state index in [-0.39, 0.29) is 6.04 Å². The second kappa shape index (κ2) is 6.52. The molecule has 0 saturated heterocycles. The molecule has 1 aliphatic rings. The lowest BCUT2D eigenvalue weighted by atomic mass is 10.1. The second-order valence-electron chi connectivity index (χ2n) is 5.67. The molecule has 22 heavy (non-hydrogen) atoms. The summed E-state index contributed by atoms with van der Waals surface area (Å²) in [5.41, 5.74) is 4.69. The Kier molecular flexibility index (Phi) is 4.29. The lowest BCUT2D eigenvalue weighted by Gasteiger charge is -2.17. The third kappa shape index (κ3) is 3.40. The Bertz CT molecular complexity index is 688. The molecule has 3 rings (SSSR count). The van der Waals surface area contributed by atoms with Crippen molar-refractivity contribution in [2.24, 2.45) is 0 Å². The van der Waals surface area contributed by atoms with Crippen molar-refractivity contribution < 1.29 is 4.74 Å². The van der Waals surface area contributed by atoms with Gasteiger partial charge in [0.25, 0.3) is 0 Å². The molecule has 0 aliphatic carbocycles. The predicted octanol–water partition coefficient (Wildman–Crippen LogP) is 4.12. The minimum Gasteiger partial charge on any atom is -0.491 e. The van der Waals surface area contributed by atoms with Crippen LogP contribution in [0.3, 0.4) is 0 Å². The van der Waals surface area contributed by atoms with Crippen LogP contribution in [0, 0.1) is 6.92 Å². The summed E-state index contributed by atoms with van der Waals surface area (Å²) in [6.07, 6.45) is 2.91. The van der Waals surface area contributed by atoms with Gasteiger partial charge in [0.1, 0.15) is 12.4 Å². The van der Waals surface area contributed by atoms with E-state index in [9.17, 15) is 0 Å². The number of hydrogen-bond donors (Lipinski definition) is 1. The minimum atomic E-state index is 0.166. The van der Waals surface area contributed by atoms with Gasteiger partial charge >= 0.3 is 0 Å². The zero-order valence-corrected chi connectivity index (χ0v) is 12.9. The molecule has 0 spiro atoms. The molecule has 1 N–H and O–H groups in total. The van der Waals surface area contributed by atoms with Crippen molar-refractivity contribution in [1.29, 1.82) is 0 Å². The Morgan fingerprint density at radius 3 is 2.55 bits per heavy atom. The van der Waals surface area contributed by atoms with Gasteiger partial charge in [-0.3, -0.25) is 0 Å². The van der Waals surface area contributed by atoms with Crippen LogP contribution in [-0.2, 0) is 17.8 Å². The van der Waals surface area contributed by atoms with Crippen LogP contribution >= 0.6 is 0 Å². The summed E-state index contributed by atoms with van der Waals surface area (Å²) in [6, 6.07) is 18.9. The van der Waals surface area contributed by atoms with Crippen LogP contribution in [0.25, 0.3) is 0 Å². The number of benzene rings is 2. The van der Waals surface area contributed by atoms with E-state index in [0.717, 1.165) is 17.9 Å². The van der Waals surface area contributed by atoms with Gasteiger partial charge in [0, 0.05) is 11.8 Å². The molecule has 1 aliphatic heterocycles. The Hall–Kier alpha value is -2.48. The Balaban J connectivity index is 1.67. The molecule has 2 nitrogen and oxygen atoms in total. The van der Waals surface area contributed by atoms with Crippen molar-refractivity contribution in [1.82, 2.24) is 5.32 Å². The van der Waals surface area contributed by atoms with Gasteiger partial charge in [-0.2, -0.15) is 0 Å². The van der Waals surface area contributed by atoms with Crippen LogP contribution in [-0.4, -0.2) is 6.04 Å². The monoisotopic (exact) mass is 291 g/mol. The summed E-state index contributed by atoms with van der Waals surface area (Å²) >= 11 is 0. The Morgan fingerprint density at radius 1 is 1.05 bits per heavy atom. The first-order valence-corrected chi connectivity index (χ1v) is 7.60. The van der Waals surface area contributed by atoms with Crippen LogP contribution in [0.5, 0.6) is 0 Å². The lowest BCUT2D eigenvalue weighted by Crippen LogP contribution is -2.27. The van der Waals surface area contributed by atoms with Crippen molar-refractivity contribution in [3.8, 4) is 0 Å². The maximum absolute atomic E-state index is 6.06. The average Bonchev–Trinajstić information content (AvgIpc) is 2.87. The number of hydrogen-bond acceptors (Lipinski definition) is 2. The minimum absolute atomic E-state index is 0.166. The molecule has 1 heterocycles. The molecule has 0 fully saturated rings. The third-order valence-corrected chi connectivity index (χ3v) is 3.96. The highest BCUT2D eigenvalue weighted by Crippen LogP contribution is 2.22. The quantitative estimate of drug-likeness (QED) is 0.894. The Morgan fingerprint density at radius 2 is 1.77 bits per heavy atom. The lowest BCUT2D eigenvalue weighted by molar-refractivity contribution is 0.180. The topological polar surface area (TPSA) is 21.3 Å². The number of allylic oxidation sites excluding steroid dienone is 1. The van der Waals surface area contributed by atoms with Crippen molar-refractivity contribution >= 4 is 0 Å². The first-order chi connectivity index (χ1) is 10.7. The fraction of sp³-hybridized carbons (Fsp3) is 0.200. The van der Waals surface area contributed by atoms with E-state index in [1.54, 1.807) is 0 Å². The van der Waals surface area contributed by atoms with Gasteiger partial charge in [-0.05, 0) is 30.0 Å². The smallest absolute Gasteiger partial charge is 0.121 e. The van der Waals surface area contributed by atoms with Crippen LogP contribution < -0.4 is 5.32 Å². The van der Waals surface area contributed by atoms with Crippen molar-refractivity contribution in [3.05, 3.63) is 95.4 Å². The van der Waals surface area contributed by atoms with Crippen molar-refractivity contribution in [3.63, 3.8) is 0 Å². The SMILES string of the molecule is C=C1C=C(OCc2ccccc2C)[C@H](Cc2ccccc2)N1. The third-order valence-electron chi connectivity index (χ3n) is 3.96. The number of rotatable bonds is 5. The highest BCUT2D eigenvalue weighted by molar-refractivity contribution is 5.32. The van der Waals surface area contributed by atoms with Crippen LogP contribution in [0.1, 0.15) is 16.7 Å². The normalized spacial score (nSPS) is 17.0. The summed E-state index contributed by atoms with van der Waals surface area (Å²) in [5, 5.41) is 3.39. The average molecular weight is 291 g/mol. The number of aryl methyl sites for hydroxylation is 1. The van der Waals surface area contributed by atoms with Gasteiger partial charge in [-0.15, -0.1) is 0 Å². The molecule has 0 amide bonds. The second-order valence-corrected chi connectivity index (χ2v) is 5.67. The van der Waals surface area contributed by atoms with Gasteiger partial charge in [0.2, 0.25) is 0 Å². The first-order valence-electron chi connectivity index (χ1n) is 7.60. The van der Waals surface area contributed by atoms with E-state index in [1.807, 2.05) is 18.2 Å². The van der Waals surface area contributed by atoms with Crippen molar-refractivity contribution in [2.45, 2.75) is 26.0 Å². The van der Waals surface area contributed by atoms with Gasteiger partial charge in [0.15, 0.2) is 0 Å². The highest BCUT2D eigenvalue weighted by Gasteiger charge is 2.22. The molecule has 112 valence electrons. The molecule has 0 unspecified atom stereocenters. The molecular formula is C20H21NO. The summed E-state index contributed by atoms with van der Waals surface area (Å²) in [5.74, 6) is 0.970.